The van der Waals surface area contributed by atoms with Gasteiger partial charge in [0.25, 0.3) is 0 Å². The predicted molar refractivity (Wildman–Crippen MR) is 250 cm³/mol. The molecule has 0 spiro atoms. The molecule has 7 N–H and O–H groups in total. The Balaban J connectivity index is 2.48. The lowest BCUT2D eigenvalue weighted by Crippen LogP contribution is -2.64. The molecule has 0 aliphatic heterocycles. The fourth-order valence-electron chi connectivity index (χ4n) is 7.30. The molecule has 14 nitrogen and oxygen atoms in total. The summed E-state index contributed by atoms with van der Waals surface area (Å²) in [6, 6.07) is 0. The maximum Gasteiger partial charge on any atom is 0.472 e. The Morgan fingerprint density at radius 1 is 0.547 bits per heavy atom. The third-order valence-electron chi connectivity index (χ3n) is 11.2. The largest absolute Gasteiger partial charge is 0.472 e. The van der Waals surface area contributed by atoms with Crippen LogP contribution < -0.4 is 0 Å². The molecule has 9 atom stereocenters. The second-order valence-corrected chi connectivity index (χ2v) is 18.6. The number of carbonyl (C=O) groups is 2. The van der Waals surface area contributed by atoms with Crippen LogP contribution in [0.25, 0.3) is 0 Å². The number of unbranched alkanes of at least 4 members (excludes halogenated alkanes) is 17. The third-order valence-corrected chi connectivity index (χ3v) is 12.2. The first-order valence-corrected chi connectivity index (χ1v) is 26.0. The van der Waals surface area contributed by atoms with E-state index in [1.807, 2.05) is 24.3 Å². The van der Waals surface area contributed by atoms with Crippen molar-refractivity contribution in [1.82, 2.24) is 0 Å². The molecule has 4 unspecified atom stereocenters. The van der Waals surface area contributed by atoms with Crippen LogP contribution in [0.2, 0.25) is 0 Å². The molecule has 0 bridgehead atoms. The van der Waals surface area contributed by atoms with Crippen LogP contribution in [-0.4, -0.2) is 110 Å². The second kappa shape index (κ2) is 38.8. The highest BCUT2D eigenvalue weighted by molar-refractivity contribution is 7.47. The van der Waals surface area contributed by atoms with Crippen molar-refractivity contribution >= 4 is 19.8 Å². The molecule has 15 heteroatoms. The van der Waals surface area contributed by atoms with Gasteiger partial charge in [-0.05, 0) is 51.4 Å². The van der Waals surface area contributed by atoms with Gasteiger partial charge in [0.15, 0.2) is 6.10 Å². The highest BCUT2D eigenvalue weighted by Gasteiger charge is 2.51. The van der Waals surface area contributed by atoms with E-state index in [0.717, 1.165) is 51.4 Å². The van der Waals surface area contributed by atoms with Gasteiger partial charge in [-0.3, -0.25) is 18.6 Å². The van der Waals surface area contributed by atoms with Gasteiger partial charge in [-0.25, -0.2) is 4.57 Å². The van der Waals surface area contributed by atoms with E-state index < -0.39 is 75.7 Å². The summed E-state index contributed by atoms with van der Waals surface area (Å²) in [6.45, 7) is 3.07. The van der Waals surface area contributed by atoms with Crippen molar-refractivity contribution in [3.8, 4) is 0 Å². The van der Waals surface area contributed by atoms with Crippen LogP contribution >= 0.6 is 7.82 Å². The Morgan fingerprint density at radius 3 is 1.48 bits per heavy atom. The number of ether oxygens (including phenoxy) is 2. The van der Waals surface area contributed by atoms with Crippen molar-refractivity contribution < 1.29 is 68.2 Å². The first-order chi connectivity index (χ1) is 30.8. The van der Waals surface area contributed by atoms with Crippen molar-refractivity contribution in [3.63, 3.8) is 0 Å². The number of phosphoric acid groups is 1. The van der Waals surface area contributed by atoms with Gasteiger partial charge in [0.05, 0.1) is 12.7 Å². The Morgan fingerprint density at radius 2 is 0.984 bits per heavy atom. The molecule has 0 saturated heterocycles. The van der Waals surface area contributed by atoms with E-state index in [1.165, 1.54) is 83.5 Å². The van der Waals surface area contributed by atoms with Gasteiger partial charge in [-0.1, -0.05) is 172 Å². The summed E-state index contributed by atoms with van der Waals surface area (Å²) < 4.78 is 33.5. The monoisotopic (exact) mass is 931 g/mol. The number of esters is 2. The molecular weight excluding hydrogens is 843 g/mol. The number of hydrogen-bond donors (Lipinski definition) is 7. The molecule has 1 aliphatic carbocycles. The number of aliphatic hydroxyl groups is 6. The molecule has 0 heterocycles. The normalized spacial score (nSPS) is 22.5. The van der Waals surface area contributed by atoms with Crippen LogP contribution in [0, 0.1) is 0 Å². The van der Waals surface area contributed by atoms with Crippen molar-refractivity contribution in [2.75, 3.05) is 13.2 Å². The minimum Gasteiger partial charge on any atom is -0.462 e. The maximum absolute atomic E-state index is 12.8. The molecule has 1 saturated carbocycles. The summed E-state index contributed by atoms with van der Waals surface area (Å²) >= 11 is 0. The summed E-state index contributed by atoms with van der Waals surface area (Å²) in [7, 11) is -5.14. The molecular formula is C49H87O14P. The van der Waals surface area contributed by atoms with Gasteiger partial charge < -0.3 is 45.0 Å². The second-order valence-electron chi connectivity index (χ2n) is 17.2. The minimum absolute atomic E-state index is 0.00648. The van der Waals surface area contributed by atoms with E-state index in [0.29, 0.717) is 25.7 Å². The lowest BCUT2D eigenvalue weighted by molar-refractivity contribution is -0.220. The van der Waals surface area contributed by atoms with Gasteiger partial charge >= 0.3 is 19.8 Å². The molecule has 0 radical (unpaired) electrons. The zero-order valence-corrected chi connectivity index (χ0v) is 40.1. The Labute approximate surface area is 384 Å². The van der Waals surface area contributed by atoms with E-state index in [-0.39, 0.29) is 18.9 Å². The standard InChI is InChI=1S/C49H87O14P/c1-3-5-6-7-8-9-10-11-12-13-14-17-20-23-26-29-32-36-42(51)60-38-41(39-61-64(58,59)63-49-47(56)45(54)44(53)46(55)48(49)57)62-43(52)37-33-30-27-24-21-18-15-16-19-22-25-28-31-35-40(50)34-4-2/h15,18-19,22,24,27-28,31,40-41,44-50,53-57H,3-14,16-17,20-21,23,25-26,29-30,32-39H2,1-2H3,(H,58,59)/b18-15-,22-19-,27-24-,31-28-/t40?,41-,44?,45-,46+,47-,48-,49?/m1/s1. The summed E-state index contributed by atoms with van der Waals surface area (Å²) in [6.07, 6.45) is 29.4. The SMILES string of the molecule is CCCCCCCCCCCCCCCCCCCC(=O)OC[C@H](COP(=O)(O)OC1[C@H](O)[C@H](O)C(O)[C@H](O)[C@H]1O)OC(=O)CCC/C=C\C/C=C\C/C=C\C/C=C\CC(O)CCC. The lowest BCUT2D eigenvalue weighted by atomic mass is 9.85. The number of hydrogen-bond acceptors (Lipinski definition) is 13. The molecule has 0 amide bonds. The van der Waals surface area contributed by atoms with Crippen LogP contribution in [0.3, 0.4) is 0 Å². The zero-order chi connectivity index (χ0) is 47.3. The van der Waals surface area contributed by atoms with E-state index >= 15 is 0 Å². The van der Waals surface area contributed by atoms with Gasteiger partial charge in [-0.15, -0.1) is 0 Å². The number of rotatable bonds is 40. The number of allylic oxidation sites excluding steroid dienone is 7. The summed E-state index contributed by atoms with van der Waals surface area (Å²) in [5, 5.41) is 59.9. The van der Waals surface area contributed by atoms with E-state index in [1.54, 1.807) is 0 Å². The summed E-state index contributed by atoms with van der Waals surface area (Å²) in [4.78, 5) is 35.7. The van der Waals surface area contributed by atoms with Gasteiger partial charge in [0.2, 0.25) is 0 Å². The molecule has 1 rings (SSSR count). The van der Waals surface area contributed by atoms with Crippen molar-refractivity contribution in [3.05, 3.63) is 48.6 Å². The molecule has 0 aromatic heterocycles. The van der Waals surface area contributed by atoms with Crippen LogP contribution in [-0.2, 0) is 32.7 Å². The fraction of sp³-hybridized carbons (Fsp3) is 0.796. The first kappa shape index (κ1) is 59.8. The predicted octanol–water partition coefficient (Wildman–Crippen LogP) is 8.92. The van der Waals surface area contributed by atoms with Crippen molar-refractivity contribution in [2.24, 2.45) is 0 Å². The average molecular weight is 931 g/mol. The highest BCUT2D eigenvalue weighted by Crippen LogP contribution is 2.47. The van der Waals surface area contributed by atoms with E-state index in [4.69, 9.17) is 18.5 Å². The Bertz CT molecular complexity index is 1320. The van der Waals surface area contributed by atoms with Gasteiger partial charge in [0, 0.05) is 12.8 Å². The number of aliphatic hydroxyl groups excluding tert-OH is 6. The molecule has 0 aromatic rings. The van der Waals surface area contributed by atoms with Crippen molar-refractivity contribution in [1.29, 1.82) is 0 Å². The lowest BCUT2D eigenvalue weighted by Gasteiger charge is -2.41. The Hall–Kier alpha value is -2.23. The average Bonchev–Trinajstić information content (AvgIpc) is 3.27. The Kier molecular flexibility index (Phi) is 36.3. The first-order valence-electron chi connectivity index (χ1n) is 24.5. The molecule has 0 aromatic carbocycles. The van der Waals surface area contributed by atoms with Gasteiger partial charge in [0.1, 0.15) is 43.2 Å². The molecule has 64 heavy (non-hydrogen) atoms. The van der Waals surface area contributed by atoms with Crippen molar-refractivity contribution in [2.45, 2.75) is 236 Å². The number of phosphoric ester groups is 1. The molecule has 372 valence electrons. The van der Waals surface area contributed by atoms with E-state index in [9.17, 15) is 49.7 Å². The molecule has 1 aliphatic rings. The zero-order valence-electron chi connectivity index (χ0n) is 39.2. The molecule has 1 fully saturated rings. The number of carbonyl (C=O) groups excluding carboxylic acids is 2. The van der Waals surface area contributed by atoms with Crippen LogP contribution in [0.1, 0.15) is 187 Å². The van der Waals surface area contributed by atoms with Crippen LogP contribution in [0.4, 0.5) is 0 Å². The smallest absolute Gasteiger partial charge is 0.462 e. The maximum atomic E-state index is 12.8. The summed E-state index contributed by atoms with van der Waals surface area (Å²) in [5.74, 6) is -1.18. The van der Waals surface area contributed by atoms with Gasteiger partial charge in [-0.2, -0.15) is 0 Å². The summed E-state index contributed by atoms with van der Waals surface area (Å²) in [5.41, 5.74) is 0. The van der Waals surface area contributed by atoms with Crippen LogP contribution in [0.5, 0.6) is 0 Å². The highest BCUT2D eigenvalue weighted by atomic mass is 31.2. The van der Waals surface area contributed by atoms with Crippen LogP contribution in [0.15, 0.2) is 48.6 Å². The fourth-order valence-corrected chi connectivity index (χ4v) is 8.27. The third kappa shape index (κ3) is 30.9. The minimum atomic E-state index is -5.14. The quantitative estimate of drug-likeness (QED) is 0.0132. The topological polar surface area (TPSA) is 230 Å². The van der Waals surface area contributed by atoms with E-state index in [2.05, 4.69) is 38.2 Å².